The van der Waals surface area contributed by atoms with Crippen molar-refractivity contribution in [2.45, 2.75) is 18.9 Å². The van der Waals surface area contributed by atoms with E-state index in [2.05, 4.69) is 20.2 Å². The highest BCUT2D eigenvalue weighted by Gasteiger charge is 2.24. The third-order valence-corrected chi connectivity index (χ3v) is 4.89. The number of urea groups is 1. The average Bonchev–Trinajstić information content (AvgIpc) is 3.09. The van der Waals surface area contributed by atoms with Crippen LogP contribution in [0, 0.1) is 0 Å². The van der Waals surface area contributed by atoms with Crippen molar-refractivity contribution in [2.75, 3.05) is 24.7 Å². The third kappa shape index (κ3) is 4.80. The molecule has 3 N–H and O–H groups in total. The molecule has 0 aliphatic carbocycles. The Labute approximate surface area is 146 Å². The second-order valence-corrected chi connectivity index (χ2v) is 7.93. The van der Waals surface area contributed by atoms with E-state index in [9.17, 15) is 13.2 Å². The second-order valence-electron chi connectivity index (χ2n) is 6.15. The van der Waals surface area contributed by atoms with Crippen LogP contribution in [0.1, 0.15) is 12.8 Å². The normalized spacial score (nSPS) is 16.0. The van der Waals surface area contributed by atoms with Crippen LogP contribution in [0.2, 0.25) is 0 Å². The van der Waals surface area contributed by atoms with Gasteiger partial charge in [0, 0.05) is 36.6 Å². The van der Waals surface area contributed by atoms with Gasteiger partial charge in [-0.25, -0.2) is 17.9 Å². The maximum Gasteiger partial charge on any atom is 0.321 e. The number of hydrogen-bond acceptors (Lipinski definition) is 4. The van der Waals surface area contributed by atoms with Crippen molar-refractivity contribution in [1.29, 1.82) is 0 Å². The molecule has 134 valence electrons. The minimum atomic E-state index is -3.21. The van der Waals surface area contributed by atoms with Gasteiger partial charge in [-0.15, -0.1) is 0 Å². The van der Waals surface area contributed by atoms with Crippen molar-refractivity contribution >= 4 is 21.7 Å². The van der Waals surface area contributed by atoms with Gasteiger partial charge in [0.1, 0.15) is 0 Å². The molecule has 2 amide bonds. The number of carbonyl (C=O) groups excluding carboxylic acids is 1. The molecule has 1 aliphatic rings. The van der Waals surface area contributed by atoms with Crippen molar-refractivity contribution in [1.82, 2.24) is 19.8 Å². The van der Waals surface area contributed by atoms with Gasteiger partial charge < -0.3 is 10.2 Å². The Hall–Kier alpha value is -2.39. The third-order valence-electron chi connectivity index (χ3n) is 4.13. The number of H-pyrrole nitrogens is 1. The highest BCUT2D eigenvalue weighted by molar-refractivity contribution is 7.88. The van der Waals surface area contributed by atoms with Gasteiger partial charge in [-0.2, -0.15) is 5.10 Å². The van der Waals surface area contributed by atoms with Crippen molar-refractivity contribution in [3.05, 3.63) is 36.7 Å². The molecule has 2 heterocycles. The lowest BCUT2D eigenvalue weighted by Gasteiger charge is -2.32. The van der Waals surface area contributed by atoms with Crippen LogP contribution < -0.4 is 10.0 Å². The van der Waals surface area contributed by atoms with Gasteiger partial charge in [-0.3, -0.25) is 5.10 Å². The number of piperidine rings is 1. The van der Waals surface area contributed by atoms with E-state index in [-0.39, 0.29) is 12.1 Å². The molecule has 2 aromatic rings. The molecular weight excluding hydrogens is 342 g/mol. The second kappa shape index (κ2) is 7.24. The van der Waals surface area contributed by atoms with E-state index in [1.54, 1.807) is 11.1 Å². The zero-order valence-corrected chi connectivity index (χ0v) is 14.7. The molecule has 1 aliphatic heterocycles. The Morgan fingerprint density at radius 2 is 1.88 bits per heavy atom. The maximum atomic E-state index is 12.3. The van der Waals surface area contributed by atoms with Crippen molar-refractivity contribution < 1.29 is 13.2 Å². The Morgan fingerprint density at radius 3 is 2.44 bits per heavy atom. The monoisotopic (exact) mass is 363 g/mol. The fourth-order valence-electron chi connectivity index (χ4n) is 2.86. The Bertz CT molecular complexity index is 810. The smallest absolute Gasteiger partial charge is 0.321 e. The van der Waals surface area contributed by atoms with Crippen LogP contribution in [0.3, 0.4) is 0 Å². The summed E-state index contributed by atoms with van der Waals surface area (Å²) in [6, 6.07) is 7.25. The van der Waals surface area contributed by atoms with E-state index < -0.39 is 10.0 Å². The Morgan fingerprint density at radius 1 is 1.20 bits per heavy atom. The molecule has 1 saturated heterocycles. The van der Waals surface area contributed by atoms with Gasteiger partial charge >= 0.3 is 6.03 Å². The molecular formula is C16H21N5O3S. The fourth-order valence-corrected chi connectivity index (χ4v) is 3.70. The largest absolute Gasteiger partial charge is 0.324 e. The molecule has 0 saturated carbocycles. The number of aromatic amines is 1. The lowest BCUT2D eigenvalue weighted by molar-refractivity contribution is 0.193. The van der Waals surface area contributed by atoms with E-state index in [1.807, 2.05) is 30.5 Å². The molecule has 1 fully saturated rings. The Balaban J connectivity index is 1.53. The number of rotatable bonds is 4. The first-order chi connectivity index (χ1) is 11.9. The molecule has 8 nitrogen and oxygen atoms in total. The summed E-state index contributed by atoms with van der Waals surface area (Å²) >= 11 is 0. The number of nitrogens with zero attached hydrogens (tertiary/aromatic N) is 2. The molecule has 0 atom stereocenters. The van der Waals surface area contributed by atoms with E-state index in [0.29, 0.717) is 31.6 Å². The number of carbonyl (C=O) groups is 1. The van der Waals surface area contributed by atoms with E-state index >= 15 is 0 Å². The van der Waals surface area contributed by atoms with Crippen LogP contribution in [0.15, 0.2) is 36.7 Å². The highest BCUT2D eigenvalue weighted by Crippen LogP contribution is 2.20. The van der Waals surface area contributed by atoms with Crippen LogP contribution in [0.5, 0.6) is 0 Å². The standard InChI is InChI=1S/C16H21N5O3S/c1-25(23,24)20-15-6-8-21(9-7-15)16(22)19-14-4-2-12(3-5-14)13-10-17-18-11-13/h2-5,10-11,15,20H,6-9H2,1H3,(H,17,18)(H,19,22). The lowest BCUT2D eigenvalue weighted by atomic mass is 10.1. The SMILES string of the molecule is CS(=O)(=O)NC1CCN(C(=O)Nc2ccc(-c3cn[nH]c3)cc2)CC1. The van der Waals surface area contributed by atoms with Crippen LogP contribution in [0.25, 0.3) is 11.1 Å². The summed E-state index contributed by atoms with van der Waals surface area (Å²) in [5.41, 5.74) is 2.71. The molecule has 0 unspecified atom stereocenters. The van der Waals surface area contributed by atoms with E-state index in [4.69, 9.17) is 0 Å². The fraction of sp³-hybridized carbons (Fsp3) is 0.375. The van der Waals surface area contributed by atoms with Crippen molar-refractivity contribution in [3.63, 3.8) is 0 Å². The van der Waals surface area contributed by atoms with Crippen molar-refractivity contribution in [2.24, 2.45) is 0 Å². The predicted octanol–water partition coefficient (Wildman–Crippen LogP) is 1.62. The van der Waals surface area contributed by atoms with Gasteiger partial charge in [0.05, 0.1) is 12.5 Å². The molecule has 0 spiro atoms. The highest BCUT2D eigenvalue weighted by atomic mass is 32.2. The molecule has 3 rings (SSSR count). The number of hydrogen-bond donors (Lipinski definition) is 3. The van der Waals surface area contributed by atoms with E-state index in [1.165, 1.54) is 0 Å². The van der Waals surface area contributed by atoms with Crippen molar-refractivity contribution in [3.8, 4) is 11.1 Å². The molecule has 1 aromatic carbocycles. The first kappa shape index (κ1) is 17.4. The van der Waals surface area contributed by atoms with Gasteiger partial charge in [-0.05, 0) is 30.5 Å². The summed E-state index contributed by atoms with van der Waals surface area (Å²) in [6.45, 7) is 1.04. The zero-order valence-electron chi connectivity index (χ0n) is 13.9. The first-order valence-corrected chi connectivity index (χ1v) is 9.92. The molecule has 9 heteroatoms. The van der Waals surface area contributed by atoms with Gasteiger partial charge in [-0.1, -0.05) is 12.1 Å². The molecule has 0 bridgehead atoms. The van der Waals surface area contributed by atoms with Crippen LogP contribution in [-0.2, 0) is 10.0 Å². The zero-order chi connectivity index (χ0) is 17.9. The summed E-state index contributed by atoms with van der Waals surface area (Å²) in [5, 5.41) is 9.55. The van der Waals surface area contributed by atoms with Crippen LogP contribution in [-0.4, -0.2) is 54.9 Å². The number of amides is 2. The number of benzene rings is 1. The van der Waals surface area contributed by atoms with Gasteiger partial charge in [0.25, 0.3) is 0 Å². The van der Waals surface area contributed by atoms with Gasteiger partial charge in [0.2, 0.25) is 10.0 Å². The molecule has 25 heavy (non-hydrogen) atoms. The summed E-state index contributed by atoms with van der Waals surface area (Å²) < 4.78 is 25.1. The lowest BCUT2D eigenvalue weighted by Crippen LogP contribution is -2.47. The molecule has 0 radical (unpaired) electrons. The minimum Gasteiger partial charge on any atom is -0.324 e. The predicted molar refractivity (Wildman–Crippen MR) is 95.6 cm³/mol. The minimum absolute atomic E-state index is 0.103. The average molecular weight is 363 g/mol. The summed E-state index contributed by atoms with van der Waals surface area (Å²) in [5.74, 6) is 0. The number of sulfonamides is 1. The summed E-state index contributed by atoms with van der Waals surface area (Å²) in [7, 11) is -3.21. The quantitative estimate of drug-likeness (QED) is 0.767. The summed E-state index contributed by atoms with van der Waals surface area (Å²) in [4.78, 5) is 14.0. The Kier molecular flexibility index (Phi) is 5.05. The van der Waals surface area contributed by atoms with Crippen LogP contribution >= 0.6 is 0 Å². The topological polar surface area (TPSA) is 107 Å². The number of likely N-dealkylation sites (tertiary alicyclic amines) is 1. The van der Waals surface area contributed by atoms with Crippen LogP contribution in [0.4, 0.5) is 10.5 Å². The van der Waals surface area contributed by atoms with E-state index in [0.717, 1.165) is 17.4 Å². The summed E-state index contributed by atoms with van der Waals surface area (Å²) in [6.07, 6.45) is 5.92. The van der Waals surface area contributed by atoms with Gasteiger partial charge in [0.15, 0.2) is 0 Å². The molecule has 1 aromatic heterocycles. The maximum absolute atomic E-state index is 12.3. The number of anilines is 1. The first-order valence-electron chi connectivity index (χ1n) is 8.03. The number of aromatic nitrogens is 2. The number of nitrogens with one attached hydrogen (secondary N) is 3.